The molecule has 0 saturated heterocycles. The molecule has 5 heteroatoms. The van der Waals surface area contributed by atoms with Gasteiger partial charge in [0.2, 0.25) is 0 Å². The number of benzene rings is 2. The average Bonchev–Trinajstić information content (AvgIpc) is 2.39. The molecule has 0 radical (unpaired) electrons. The Morgan fingerprint density at radius 1 is 1.06 bits per heavy atom. The quantitative estimate of drug-likeness (QED) is 0.939. The van der Waals surface area contributed by atoms with E-state index in [1.807, 2.05) is 0 Å². The van der Waals surface area contributed by atoms with Crippen molar-refractivity contribution in [1.29, 1.82) is 0 Å². The normalized spacial score (nSPS) is 12.1. The largest absolute Gasteiger partial charge is 0.478 e. The van der Waals surface area contributed by atoms with Crippen molar-refractivity contribution in [3.8, 4) is 0 Å². The zero-order valence-electron chi connectivity index (χ0n) is 9.17. The second-order valence-electron chi connectivity index (χ2n) is 3.52. The fraction of sp³-hybridized carbons (Fsp3) is 0. The van der Waals surface area contributed by atoms with Crippen molar-refractivity contribution in [3.63, 3.8) is 0 Å². The number of halogens is 1. The van der Waals surface area contributed by atoms with E-state index in [0.29, 0.717) is 9.92 Å². The summed E-state index contributed by atoms with van der Waals surface area (Å²) in [5, 5.41) is 9.59. The molecule has 0 aliphatic heterocycles. The van der Waals surface area contributed by atoms with Crippen molar-refractivity contribution in [2.75, 3.05) is 0 Å². The molecular weight excluding hydrogens is 272 g/mol. The van der Waals surface area contributed by atoms with E-state index in [2.05, 4.69) is 0 Å². The molecule has 18 heavy (non-hydrogen) atoms. The van der Waals surface area contributed by atoms with Gasteiger partial charge in [-0.3, -0.25) is 0 Å². The summed E-state index contributed by atoms with van der Waals surface area (Å²) in [5.41, 5.74) is 0.0470. The van der Waals surface area contributed by atoms with Crippen LogP contribution in [-0.2, 0) is 10.8 Å². The highest BCUT2D eigenvalue weighted by Crippen LogP contribution is 2.21. The molecule has 0 amide bonds. The van der Waals surface area contributed by atoms with Crippen LogP contribution in [0.25, 0.3) is 0 Å². The maximum absolute atomic E-state index is 12.3. The monoisotopic (exact) mass is 280 g/mol. The molecule has 0 fully saturated rings. The molecule has 0 heterocycles. The maximum Gasteiger partial charge on any atom is 0.336 e. The highest BCUT2D eigenvalue weighted by Gasteiger charge is 2.15. The summed E-state index contributed by atoms with van der Waals surface area (Å²) in [6.07, 6.45) is 0. The van der Waals surface area contributed by atoms with Gasteiger partial charge in [0, 0.05) is 9.92 Å². The summed E-state index contributed by atoms with van der Waals surface area (Å²) in [7, 11) is -1.53. The Labute approximate surface area is 111 Å². The van der Waals surface area contributed by atoms with Crippen molar-refractivity contribution in [2.45, 2.75) is 9.79 Å². The molecule has 2 aromatic rings. The van der Waals surface area contributed by atoms with Crippen LogP contribution < -0.4 is 0 Å². The van der Waals surface area contributed by atoms with E-state index in [9.17, 15) is 9.00 Å². The maximum atomic E-state index is 12.3. The van der Waals surface area contributed by atoms with Gasteiger partial charge < -0.3 is 5.11 Å². The Kier molecular flexibility index (Phi) is 3.79. The molecular formula is C13H9ClO3S. The van der Waals surface area contributed by atoms with Gasteiger partial charge in [0.1, 0.15) is 0 Å². The molecule has 0 aliphatic carbocycles. The molecule has 1 atom stereocenters. The molecule has 92 valence electrons. The number of rotatable bonds is 3. The van der Waals surface area contributed by atoms with Gasteiger partial charge in [0.15, 0.2) is 0 Å². The summed E-state index contributed by atoms with van der Waals surface area (Å²) in [6.45, 7) is 0. The first-order chi connectivity index (χ1) is 8.59. The Balaban J connectivity index is 2.46. The van der Waals surface area contributed by atoms with Gasteiger partial charge in [-0.1, -0.05) is 23.7 Å². The first kappa shape index (κ1) is 12.8. The minimum absolute atomic E-state index is 0.0470. The molecule has 1 N–H and O–H groups in total. The second-order valence-corrected chi connectivity index (χ2v) is 5.41. The van der Waals surface area contributed by atoms with Crippen LogP contribution in [0.5, 0.6) is 0 Å². The number of aromatic carboxylic acids is 1. The molecule has 3 nitrogen and oxygen atoms in total. The summed E-state index contributed by atoms with van der Waals surface area (Å²) in [6, 6.07) is 12.7. The third kappa shape index (κ3) is 2.60. The Morgan fingerprint density at radius 3 is 2.28 bits per heavy atom. The van der Waals surface area contributed by atoms with Gasteiger partial charge in [0.05, 0.1) is 21.3 Å². The van der Waals surface area contributed by atoms with Crippen molar-refractivity contribution in [2.24, 2.45) is 0 Å². The summed E-state index contributed by atoms with van der Waals surface area (Å²) in [5.74, 6) is -1.09. The van der Waals surface area contributed by atoms with Gasteiger partial charge in [-0.25, -0.2) is 9.00 Å². The highest BCUT2D eigenvalue weighted by atomic mass is 35.5. The minimum atomic E-state index is -1.53. The van der Waals surface area contributed by atoms with Crippen molar-refractivity contribution in [1.82, 2.24) is 0 Å². The fourth-order valence-corrected chi connectivity index (χ4v) is 2.81. The summed E-state index contributed by atoms with van der Waals surface area (Å²) in [4.78, 5) is 11.9. The Morgan fingerprint density at radius 2 is 1.67 bits per heavy atom. The van der Waals surface area contributed by atoms with Crippen molar-refractivity contribution < 1.29 is 14.1 Å². The summed E-state index contributed by atoms with van der Waals surface area (Å²) >= 11 is 5.75. The predicted octanol–water partition coefficient (Wildman–Crippen LogP) is 3.20. The predicted molar refractivity (Wildman–Crippen MR) is 69.5 cm³/mol. The molecule has 0 saturated carbocycles. The van der Waals surface area contributed by atoms with Crippen LogP contribution in [-0.4, -0.2) is 15.3 Å². The summed E-state index contributed by atoms with van der Waals surface area (Å²) < 4.78 is 12.3. The first-order valence-corrected chi connectivity index (χ1v) is 6.62. The Bertz CT molecular complexity index is 608. The van der Waals surface area contributed by atoms with Crippen LogP contribution >= 0.6 is 11.6 Å². The van der Waals surface area contributed by atoms with Crippen LogP contribution in [0.1, 0.15) is 10.4 Å². The van der Waals surface area contributed by atoms with E-state index < -0.39 is 16.8 Å². The number of carboxylic acid groups (broad SMARTS) is 1. The van der Waals surface area contributed by atoms with Gasteiger partial charge >= 0.3 is 5.97 Å². The molecule has 0 aromatic heterocycles. The van der Waals surface area contributed by atoms with E-state index in [1.54, 1.807) is 42.5 Å². The van der Waals surface area contributed by atoms with E-state index in [4.69, 9.17) is 16.7 Å². The molecule has 2 rings (SSSR count). The second kappa shape index (κ2) is 5.33. The van der Waals surface area contributed by atoms with Crippen LogP contribution in [0.15, 0.2) is 58.3 Å². The standard InChI is InChI=1S/C13H9ClO3S/c14-9-5-7-10(8-6-9)18(17)12-4-2-1-3-11(12)13(15)16/h1-8H,(H,15,16)/t18-/m1/s1. The van der Waals surface area contributed by atoms with E-state index in [-0.39, 0.29) is 10.5 Å². The molecule has 0 spiro atoms. The third-order valence-electron chi connectivity index (χ3n) is 2.34. The SMILES string of the molecule is O=C(O)c1ccccc1[S@](=O)c1ccc(Cl)cc1. The lowest BCUT2D eigenvalue weighted by atomic mass is 10.2. The molecule has 0 aliphatic rings. The molecule has 2 aromatic carbocycles. The lowest BCUT2D eigenvalue weighted by Gasteiger charge is -2.05. The fourth-order valence-electron chi connectivity index (χ4n) is 1.49. The third-order valence-corrected chi connectivity index (χ3v) is 4.05. The van der Waals surface area contributed by atoms with Crippen molar-refractivity contribution >= 4 is 28.4 Å². The van der Waals surface area contributed by atoms with Gasteiger partial charge in [-0.05, 0) is 36.4 Å². The smallest absolute Gasteiger partial charge is 0.336 e. The Hall–Kier alpha value is -1.65. The lowest BCUT2D eigenvalue weighted by Crippen LogP contribution is -2.04. The van der Waals surface area contributed by atoms with E-state index in [0.717, 1.165) is 0 Å². The molecule has 0 bridgehead atoms. The van der Waals surface area contributed by atoms with Crippen molar-refractivity contribution in [3.05, 3.63) is 59.1 Å². The zero-order chi connectivity index (χ0) is 13.1. The van der Waals surface area contributed by atoms with Crippen LogP contribution in [0, 0.1) is 0 Å². The number of carboxylic acids is 1. The van der Waals surface area contributed by atoms with Gasteiger partial charge in [-0.15, -0.1) is 0 Å². The number of hydrogen-bond acceptors (Lipinski definition) is 2. The van der Waals surface area contributed by atoms with Gasteiger partial charge in [0.25, 0.3) is 0 Å². The van der Waals surface area contributed by atoms with Gasteiger partial charge in [-0.2, -0.15) is 0 Å². The topological polar surface area (TPSA) is 54.4 Å². The minimum Gasteiger partial charge on any atom is -0.478 e. The van der Waals surface area contributed by atoms with Crippen LogP contribution in [0.4, 0.5) is 0 Å². The number of hydrogen-bond donors (Lipinski definition) is 1. The van der Waals surface area contributed by atoms with E-state index in [1.165, 1.54) is 6.07 Å². The van der Waals surface area contributed by atoms with E-state index >= 15 is 0 Å². The first-order valence-electron chi connectivity index (χ1n) is 5.09. The highest BCUT2D eigenvalue weighted by molar-refractivity contribution is 7.85. The lowest BCUT2D eigenvalue weighted by molar-refractivity contribution is 0.0693. The average molecular weight is 281 g/mol. The molecule has 0 unspecified atom stereocenters. The van der Waals surface area contributed by atoms with Crippen LogP contribution in [0.2, 0.25) is 5.02 Å². The van der Waals surface area contributed by atoms with Crippen LogP contribution in [0.3, 0.4) is 0 Å². The zero-order valence-corrected chi connectivity index (χ0v) is 10.7. The number of carbonyl (C=O) groups is 1.